The third-order valence-corrected chi connectivity index (χ3v) is 3.92. The number of benzene rings is 1. The second kappa shape index (κ2) is 6.59. The second-order valence-corrected chi connectivity index (χ2v) is 5.39. The minimum absolute atomic E-state index is 0.0223. The lowest BCUT2D eigenvalue weighted by Crippen LogP contribution is -2.30. The lowest BCUT2D eigenvalue weighted by Gasteiger charge is -2.30. The lowest BCUT2D eigenvalue weighted by atomic mass is 9.86. The zero-order valence-corrected chi connectivity index (χ0v) is 12.1. The van der Waals surface area contributed by atoms with Crippen LogP contribution in [0.5, 0.6) is 5.75 Å². The number of nitro benzene ring substituents is 1. The molecule has 1 saturated carbocycles. The number of hydrogen-bond donors (Lipinski definition) is 1. The predicted molar refractivity (Wildman–Crippen MR) is 79.3 cm³/mol. The number of nitrogens with one attached hydrogen (secondary N) is 1. The predicted octanol–water partition coefficient (Wildman–Crippen LogP) is 3.98. The van der Waals surface area contributed by atoms with E-state index in [9.17, 15) is 10.1 Å². The van der Waals surface area contributed by atoms with E-state index in [0.29, 0.717) is 24.3 Å². The molecule has 0 spiro atoms. The van der Waals surface area contributed by atoms with Crippen molar-refractivity contribution in [3.63, 3.8) is 0 Å². The molecular weight excluding hydrogens is 256 g/mol. The van der Waals surface area contributed by atoms with Crippen LogP contribution >= 0.6 is 0 Å². The van der Waals surface area contributed by atoms with Gasteiger partial charge in [0.1, 0.15) is 0 Å². The SMILES string of the molecule is CCOc1cc(NC2CCCCC2C)ccc1[N+](=O)[O-]. The molecule has 5 nitrogen and oxygen atoms in total. The average Bonchev–Trinajstić information content (AvgIpc) is 2.42. The van der Waals surface area contributed by atoms with Crippen molar-refractivity contribution >= 4 is 11.4 Å². The molecule has 0 radical (unpaired) electrons. The summed E-state index contributed by atoms with van der Waals surface area (Å²) >= 11 is 0. The van der Waals surface area contributed by atoms with E-state index >= 15 is 0 Å². The molecule has 0 amide bonds. The van der Waals surface area contributed by atoms with E-state index in [-0.39, 0.29) is 5.69 Å². The van der Waals surface area contributed by atoms with Crippen LogP contribution in [0, 0.1) is 16.0 Å². The Morgan fingerprint density at radius 3 is 2.80 bits per heavy atom. The molecule has 0 bridgehead atoms. The molecule has 2 unspecified atom stereocenters. The summed E-state index contributed by atoms with van der Waals surface area (Å²) in [5.41, 5.74) is 0.923. The standard InChI is InChI=1S/C15H22N2O3/c1-3-20-15-10-12(8-9-14(15)17(18)19)16-13-7-5-4-6-11(13)2/h8-11,13,16H,3-7H2,1-2H3. The van der Waals surface area contributed by atoms with Crippen LogP contribution in [0.4, 0.5) is 11.4 Å². The summed E-state index contributed by atoms with van der Waals surface area (Å²) in [7, 11) is 0. The van der Waals surface area contributed by atoms with Crippen molar-refractivity contribution in [2.75, 3.05) is 11.9 Å². The molecular formula is C15H22N2O3. The first-order valence-electron chi connectivity index (χ1n) is 7.29. The van der Waals surface area contributed by atoms with E-state index in [1.54, 1.807) is 12.1 Å². The van der Waals surface area contributed by atoms with Crippen LogP contribution in [0.15, 0.2) is 18.2 Å². The second-order valence-electron chi connectivity index (χ2n) is 5.39. The molecule has 0 saturated heterocycles. The first-order valence-corrected chi connectivity index (χ1v) is 7.29. The summed E-state index contributed by atoms with van der Waals surface area (Å²) in [6.07, 6.45) is 4.93. The molecule has 1 aliphatic rings. The Morgan fingerprint density at radius 2 is 2.15 bits per heavy atom. The molecule has 0 heterocycles. The van der Waals surface area contributed by atoms with Crippen molar-refractivity contribution in [1.29, 1.82) is 0 Å². The zero-order valence-electron chi connectivity index (χ0n) is 12.1. The van der Waals surface area contributed by atoms with Crippen LogP contribution in [0.3, 0.4) is 0 Å². The fraction of sp³-hybridized carbons (Fsp3) is 0.600. The molecule has 1 N–H and O–H groups in total. The number of nitrogens with zero attached hydrogens (tertiary/aromatic N) is 1. The normalized spacial score (nSPS) is 22.3. The Hall–Kier alpha value is -1.78. The van der Waals surface area contributed by atoms with Crippen molar-refractivity contribution < 1.29 is 9.66 Å². The van der Waals surface area contributed by atoms with E-state index in [0.717, 1.165) is 12.1 Å². The molecule has 5 heteroatoms. The van der Waals surface area contributed by atoms with Crippen LogP contribution < -0.4 is 10.1 Å². The Balaban J connectivity index is 2.15. The number of anilines is 1. The van der Waals surface area contributed by atoms with E-state index in [1.807, 2.05) is 6.92 Å². The fourth-order valence-corrected chi connectivity index (χ4v) is 2.77. The van der Waals surface area contributed by atoms with Gasteiger partial charge in [-0.3, -0.25) is 10.1 Å². The van der Waals surface area contributed by atoms with Gasteiger partial charge in [-0.1, -0.05) is 19.8 Å². The fourth-order valence-electron chi connectivity index (χ4n) is 2.77. The van der Waals surface area contributed by atoms with Gasteiger partial charge in [0.05, 0.1) is 11.5 Å². The van der Waals surface area contributed by atoms with Gasteiger partial charge in [-0.2, -0.15) is 0 Å². The van der Waals surface area contributed by atoms with Gasteiger partial charge in [-0.15, -0.1) is 0 Å². The smallest absolute Gasteiger partial charge is 0.311 e. The van der Waals surface area contributed by atoms with Gasteiger partial charge in [0.2, 0.25) is 0 Å². The number of nitro groups is 1. The van der Waals surface area contributed by atoms with Crippen LogP contribution in [0.25, 0.3) is 0 Å². The van der Waals surface area contributed by atoms with Gasteiger partial charge in [0.15, 0.2) is 5.75 Å². The van der Waals surface area contributed by atoms with Gasteiger partial charge in [-0.05, 0) is 31.7 Å². The lowest BCUT2D eigenvalue weighted by molar-refractivity contribution is -0.385. The van der Waals surface area contributed by atoms with Crippen molar-refractivity contribution in [2.24, 2.45) is 5.92 Å². The van der Waals surface area contributed by atoms with Gasteiger partial charge in [-0.25, -0.2) is 0 Å². The molecule has 20 heavy (non-hydrogen) atoms. The van der Waals surface area contributed by atoms with E-state index in [1.165, 1.54) is 25.3 Å². The largest absolute Gasteiger partial charge is 0.487 e. The quantitative estimate of drug-likeness (QED) is 0.653. The molecule has 1 aromatic carbocycles. The highest BCUT2D eigenvalue weighted by Gasteiger charge is 2.22. The van der Waals surface area contributed by atoms with Gasteiger partial charge in [0, 0.05) is 23.9 Å². The molecule has 0 aromatic heterocycles. The Bertz CT molecular complexity index is 476. The molecule has 2 rings (SSSR count). The molecule has 110 valence electrons. The summed E-state index contributed by atoms with van der Waals surface area (Å²) in [4.78, 5) is 10.6. The van der Waals surface area contributed by atoms with Crippen molar-refractivity contribution in [3.8, 4) is 5.75 Å². The Labute approximate surface area is 119 Å². The summed E-state index contributed by atoms with van der Waals surface area (Å²) in [6, 6.07) is 5.46. The number of hydrogen-bond acceptors (Lipinski definition) is 4. The first-order chi connectivity index (χ1) is 9.61. The molecule has 1 aliphatic carbocycles. The third-order valence-electron chi connectivity index (χ3n) is 3.92. The van der Waals surface area contributed by atoms with Gasteiger partial charge < -0.3 is 10.1 Å². The topological polar surface area (TPSA) is 64.4 Å². The number of ether oxygens (including phenoxy) is 1. The highest BCUT2D eigenvalue weighted by Crippen LogP contribution is 2.32. The summed E-state index contributed by atoms with van der Waals surface area (Å²) in [6.45, 7) is 4.50. The van der Waals surface area contributed by atoms with Crippen molar-refractivity contribution in [2.45, 2.75) is 45.6 Å². The molecule has 1 aromatic rings. The average molecular weight is 278 g/mol. The van der Waals surface area contributed by atoms with E-state index in [4.69, 9.17) is 4.74 Å². The monoisotopic (exact) mass is 278 g/mol. The minimum atomic E-state index is -0.405. The van der Waals surface area contributed by atoms with Crippen LogP contribution in [-0.4, -0.2) is 17.6 Å². The summed E-state index contributed by atoms with van der Waals surface area (Å²) in [5, 5.41) is 14.4. The van der Waals surface area contributed by atoms with Crippen molar-refractivity contribution in [1.82, 2.24) is 0 Å². The highest BCUT2D eigenvalue weighted by molar-refractivity contribution is 5.58. The van der Waals surface area contributed by atoms with Gasteiger partial charge in [0.25, 0.3) is 0 Å². The van der Waals surface area contributed by atoms with Gasteiger partial charge >= 0.3 is 5.69 Å². The summed E-state index contributed by atoms with van der Waals surface area (Å²) in [5.74, 6) is 0.973. The first kappa shape index (κ1) is 14.6. The Morgan fingerprint density at radius 1 is 1.40 bits per heavy atom. The maximum absolute atomic E-state index is 11.0. The highest BCUT2D eigenvalue weighted by atomic mass is 16.6. The van der Waals surface area contributed by atoms with Crippen LogP contribution in [0.2, 0.25) is 0 Å². The third kappa shape index (κ3) is 3.40. The van der Waals surface area contributed by atoms with Crippen molar-refractivity contribution in [3.05, 3.63) is 28.3 Å². The maximum Gasteiger partial charge on any atom is 0.311 e. The zero-order chi connectivity index (χ0) is 14.5. The molecule has 1 fully saturated rings. The maximum atomic E-state index is 11.0. The van der Waals surface area contributed by atoms with E-state index in [2.05, 4.69) is 12.2 Å². The summed E-state index contributed by atoms with van der Waals surface area (Å²) < 4.78 is 5.37. The Kier molecular flexibility index (Phi) is 4.82. The molecule has 0 aliphatic heterocycles. The van der Waals surface area contributed by atoms with E-state index < -0.39 is 4.92 Å². The molecule has 2 atom stereocenters. The van der Waals surface area contributed by atoms with Crippen LogP contribution in [-0.2, 0) is 0 Å². The minimum Gasteiger partial charge on any atom is -0.487 e. The number of rotatable bonds is 5. The van der Waals surface area contributed by atoms with Crippen LogP contribution in [0.1, 0.15) is 39.5 Å².